The number of hydrogen-bond acceptors (Lipinski definition) is 3. The van der Waals surface area contributed by atoms with Crippen LogP contribution < -0.4 is 11.1 Å². The van der Waals surface area contributed by atoms with E-state index in [4.69, 9.17) is 5.73 Å². The van der Waals surface area contributed by atoms with Gasteiger partial charge in [-0.05, 0) is 46.2 Å². The monoisotopic (exact) mass is 243 g/mol. The predicted octanol–water partition coefficient (Wildman–Crippen LogP) is 1.21. The lowest BCUT2D eigenvalue weighted by Gasteiger charge is -2.26. The average Bonchev–Trinajstić information content (AvgIpc) is 2.09. The number of rotatable bonds is 7. The topological polar surface area (TPSA) is 58.4 Å². The summed E-state index contributed by atoms with van der Waals surface area (Å²) in [7, 11) is 0. The molecule has 4 heteroatoms. The summed E-state index contributed by atoms with van der Waals surface area (Å²) in [6, 6.07) is 0. The highest BCUT2D eigenvalue weighted by Gasteiger charge is 2.17. The zero-order valence-corrected chi connectivity index (χ0v) is 12.0. The largest absolute Gasteiger partial charge is 0.350 e. The molecule has 0 unspecified atom stereocenters. The normalized spacial score (nSPS) is 12.2. The van der Waals surface area contributed by atoms with E-state index in [0.717, 1.165) is 19.5 Å². The third kappa shape index (κ3) is 10.3. The van der Waals surface area contributed by atoms with Crippen LogP contribution >= 0.6 is 0 Å². The summed E-state index contributed by atoms with van der Waals surface area (Å²) in [5, 5.41) is 2.99. The summed E-state index contributed by atoms with van der Waals surface area (Å²) >= 11 is 0. The van der Waals surface area contributed by atoms with Crippen molar-refractivity contribution in [3.63, 3.8) is 0 Å². The maximum Gasteiger partial charge on any atom is 0.234 e. The van der Waals surface area contributed by atoms with Gasteiger partial charge in [0.2, 0.25) is 5.91 Å². The van der Waals surface area contributed by atoms with Gasteiger partial charge in [0.25, 0.3) is 0 Å². The quantitative estimate of drug-likeness (QED) is 0.706. The second kappa shape index (κ2) is 7.67. The molecule has 102 valence electrons. The number of hydrogen-bond donors (Lipinski definition) is 2. The first-order chi connectivity index (χ1) is 7.74. The molecule has 0 aliphatic rings. The van der Waals surface area contributed by atoms with Crippen LogP contribution in [0.15, 0.2) is 0 Å². The second-order valence-electron chi connectivity index (χ2n) is 6.07. The fourth-order valence-corrected chi connectivity index (χ4v) is 1.73. The summed E-state index contributed by atoms with van der Waals surface area (Å²) in [4.78, 5) is 14.0. The van der Waals surface area contributed by atoms with Crippen LogP contribution in [0.5, 0.6) is 0 Å². The zero-order chi connectivity index (χ0) is 13.5. The summed E-state index contributed by atoms with van der Waals surface area (Å²) in [6.07, 6.45) is 0.940. The van der Waals surface area contributed by atoms with E-state index in [2.05, 4.69) is 24.1 Å². The second-order valence-corrected chi connectivity index (χ2v) is 6.07. The first-order valence-electron chi connectivity index (χ1n) is 6.48. The van der Waals surface area contributed by atoms with Crippen LogP contribution in [0.3, 0.4) is 0 Å². The molecule has 0 aliphatic heterocycles. The van der Waals surface area contributed by atoms with E-state index in [1.165, 1.54) is 0 Å². The molecule has 0 saturated carbocycles. The Labute approximate surface area is 106 Å². The lowest BCUT2D eigenvalue weighted by Crippen LogP contribution is -2.46. The molecule has 0 fully saturated rings. The molecule has 1 amide bonds. The smallest absolute Gasteiger partial charge is 0.234 e. The maximum absolute atomic E-state index is 11.8. The minimum absolute atomic E-state index is 0.0928. The van der Waals surface area contributed by atoms with E-state index in [1.54, 1.807) is 0 Å². The van der Waals surface area contributed by atoms with Gasteiger partial charge in [0, 0.05) is 12.1 Å². The molecule has 0 aromatic carbocycles. The molecule has 0 saturated heterocycles. The lowest BCUT2D eigenvalue weighted by atomic mass is 10.1. The van der Waals surface area contributed by atoms with Gasteiger partial charge in [0.1, 0.15) is 0 Å². The minimum atomic E-state index is -0.158. The Kier molecular flexibility index (Phi) is 7.39. The molecule has 0 spiro atoms. The molecule has 4 nitrogen and oxygen atoms in total. The molecule has 0 aliphatic carbocycles. The van der Waals surface area contributed by atoms with E-state index < -0.39 is 0 Å². The summed E-state index contributed by atoms with van der Waals surface area (Å²) in [6.45, 7) is 13.3. The first kappa shape index (κ1) is 16.4. The number of nitrogens with one attached hydrogen (secondary N) is 1. The van der Waals surface area contributed by atoms with Gasteiger partial charge in [-0.2, -0.15) is 0 Å². The summed E-state index contributed by atoms with van der Waals surface area (Å²) in [5.74, 6) is 0.658. The van der Waals surface area contributed by atoms with Crippen LogP contribution in [-0.4, -0.2) is 42.5 Å². The molecule has 3 N–H and O–H groups in total. The van der Waals surface area contributed by atoms with Crippen molar-refractivity contribution in [1.29, 1.82) is 0 Å². The molecule has 0 radical (unpaired) electrons. The van der Waals surface area contributed by atoms with E-state index in [1.807, 2.05) is 20.8 Å². The Balaban J connectivity index is 4.17. The Bertz CT molecular complexity index is 221. The zero-order valence-electron chi connectivity index (χ0n) is 12.0. The third-order valence-corrected chi connectivity index (χ3v) is 2.18. The van der Waals surface area contributed by atoms with Gasteiger partial charge >= 0.3 is 0 Å². The lowest BCUT2D eigenvalue weighted by molar-refractivity contribution is -0.123. The van der Waals surface area contributed by atoms with E-state index in [-0.39, 0.29) is 11.4 Å². The molecule has 0 aromatic heterocycles. The van der Waals surface area contributed by atoms with Gasteiger partial charge in [-0.1, -0.05) is 13.8 Å². The van der Waals surface area contributed by atoms with E-state index in [0.29, 0.717) is 19.0 Å². The van der Waals surface area contributed by atoms with Crippen molar-refractivity contribution < 1.29 is 4.79 Å². The van der Waals surface area contributed by atoms with Gasteiger partial charge in [-0.15, -0.1) is 0 Å². The van der Waals surface area contributed by atoms with Crippen molar-refractivity contribution in [3.05, 3.63) is 0 Å². The minimum Gasteiger partial charge on any atom is -0.350 e. The van der Waals surface area contributed by atoms with Crippen molar-refractivity contribution in [2.45, 2.75) is 46.6 Å². The van der Waals surface area contributed by atoms with Crippen molar-refractivity contribution in [3.8, 4) is 0 Å². The molecule has 0 heterocycles. The van der Waals surface area contributed by atoms with E-state index in [9.17, 15) is 4.79 Å². The molecular weight excluding hydrogens is 214 g/mol. The molecule has 0 rings (SSSR count). The van der Waals surface area contributed by atoms with Crippen LogP contribution in [0.25, 0.3) is 0 Å². The molecule has 0 bridgehead atoms. The number of nitrogens with two attached hydrogens (primary N) is 1. The van der Waals surface area contributed by atoms with Gasteiger partial charge in [0.05, 0.1) is 6.54 Å². The summed E-state index contributed by atoms with van der Waals surface area (Å²) in [5.41, 5.74) is 5.35. The SMILES string of the molecule is CC(C)CN(CCCN)CC(=O)NC(C)(C)C. The third-order valence-electron chi connectivity index (χ3n) is 2.18. The molecule has 17 heavy (non-hydrogen) atoms. The average molecular weight is 243 g/mol. The molecular formula is C13H29N3O. The van der Waals surface area contributed by atoms with Crippen LogP contribution in [0.1, 0.15) is 41.0 Å². The fourth-order valence-electron chi connectivity index (χ4n) is 1.73. The van der Waals surface area contributed by atoms with Crippen molar-refractivity contribution in [2.24, 2.45) is 11.7 Å². The Morgan fingerprint density at radius 3 is 2.35 bits per heavy atom. The number of carbonyl (C=O) groups is 1. The van der Waals surface area contributed by atoms with Crippen LogP contribution in [0.2, 0.25) is 0 Å². The number of nitrogens with zero attached hydrogens (tertiary/aromatic N) is 1. The Morgan fingerprint density at radius 1 is 1.35 bits per heavy atom. The first-order valence-corrected chi connectivity index (χ1v) is 6.48. The highest BCUT2D eigenvalue weighted by molar-refractivity contribution is 5.78. The predicted molar refractivity (Wildman–Crippen MR) is 72.8 cm³/mol. The number of amides is 1. The van der Waals surface area contributed by atoms with Crippen LogP contribution in [-0.2, 0) is 4.79 Å². The maximum atomic E-state index is 11.8. The highest BCUT2D eigenvalue weighted by Crippen LogP contribution is 2.02. The standard InChI is InChI=1S/C13H29N3O/c1-11(2)9-16(8-6-7-14)10-12(17)15-13(3,4)5/h11H,6-10,14H2,1-5H3,(H,15,17). The van der Waals surface area contributed by atoms with Gasteiger partial charge in [0.15, 0.2) is 0 Å². The highest BCUT2D eigenvalue weighted by atomic mass is 16.2. The van der Waals surface area contributed by atoms with Crippen molar-refractivity contribution in [1.82, 2.24) is 10.2 Å². The van der Waals surface area contributed by atoms with Crippen LogP contribution in [0, 0.1) is 5.92 Å². The van der Waals surface area contributed by atoms with E-state index >= 15 is 0 Å². The van der Waals surface area contributed by atoms with Crippen molar-refractivity contribution >= 4 is 5.91 Å². The van der Waals surface area contributed by atoms with Gasteiger partial charge in [-0.25, -0.2) is 0 Å². The fraction of sp³-hybridized carbons (Fsp3) is 0.923. The van der Waals surface area contributed by atoms with Gasteiger partial charge < -0.3 is 11.1 Å². The number of carbonyl (C=O) groups excluding carboxylic acids is 1. The Hall–Kier alpha value is -0.610. The molecule has 0 atom stereocenters. The molecule has 0 aromatic rings. The van der Waals surface area contributed by atoms with Gasteiger partial charge in [-0.3, -0.25) is 9.69 Å². The summed E-state index contributed by atoms with van der Waals surface area (Å²) < 4.78 is 0. The Morgan fingerprint density at radius 2 is 1.94 bits per heavy atom. The van der Waals surface area contributed by atoms with Crippen LogP contribution in [0.4, 0.5) is 0 Å². The van der Waals surface area contributed by atoms with Crippen molar-refractivity contribution in [2.75, 3.05) is 26.2 Å².